The van der Waals surface area contributed by atoms with Crippen LogP contribution in [0.3, 0.4) is 0 Å². The molecule has 0 bridgehead atoms. The summed E-state index contributed by atoms with van der Waals surface area (Å²) in [6, 6.07) is 14.2. The zero-order valence-electron chi connectivity index (χ0n) is 11.4. The number of aryl methyl sites for hydroxylation is 1. The van der Waals surface area contributed by atoms with Crippen LogP contribution >= 0.6 is 11.6 Å². The smallest absolute Gasteiger partial charge is 0.119 e. The second-order valence-corrected chi connectivity index (χ2v) is 4.93. The molecule has 0 heterocycles. The fraction of sp³-hybridized carbons (Fsp3) is 0.250. The normalized spacial score (nSPS) is 12.2. The Morgan fingerprint density at radius 2 is 1.95 bits per heavy atom. The molecule has 0 spiro atoms. The predicted octanol–water partition coefficient (Wildman–Crippen LogP) is 3.97. The van der Waals surface area contributed by atoms with Crippen LogP contribution < -0.4 is 10.1 Å². The predicted molar refractivity (Wildman–Crippen MR) is 80.1 cm³/mol. The van der Waals surface area contributed by atoms with E-state index in [1.807, 2.05) is 38.2 Å². The minimum Gasteiger partial charge on any atom is -0.497 e. The quantitative estimate of drug-likeness (QED) is 0.912. The van der Waals surface area contributed by atoms with Crippen molar-refractivity contribution in [2.45, 2.75) is 13.0 Å². The van der Waals surface area contributed by atoms with Crippen molar-refractivity contribution in [3.05, 3.63) is 64.2 Å². The zero-order chi connectivity index (χ0) is 13.8. The summed E-state index contributed by atoms with van der Waals surface area (Å²) in [4.78, 5) is 0. The van der Waals surface area contributed by atoms with Gasteiger partial charge < -0.3 is 10.1 Å². The average molecular weight is 276 g/mol. The summed E-state index contributed by atoms with van der Waals surface area (Å²) in [6.45, 7) is 2.04. The molecule has 0 aromatic heterocycles. The third-order valence-corrected chi connectivity index (χ3v) is 3.51. The van der Waals surface area contributed by atoms with Crippen LogP contribution in [0.15, 0.2) is 42.5 Å². The van der Waals surface area contributed by atoms with Crippen molar-refractivity contribution in [3.8, 4) is 5.75 Å². The Morgan fingerprint density at radius 3 is 2.58 bits per heavy atom. The van der Waals surface area contributed by atoms with Crippen LogP contribution in [-0.4, -0.2) is 14.2 Å². The van der Waals surface area contributed by atoms with Crippen LogP contribution in [0, 0.1) is 6.92 Å². The summed E-state index contributed by atoms with van der Waals surface area (Å²) in [6.07, 6.45) is 0. The van der Waals surface area contributed by atoms with Crippen LogP contribution in [0.25, 0.3) is 0 Å². The number of hydrogen-bond acceptors (Lipinski definition) is 2. The van der Waals surface area contributed by atoms with E-state index in [4.69, 9.17) is 16.3 Å². The van der Waals surface area contributed by atoms with Crippen LogP contribution in [0.2, 0.25) is 5.02 Å². The van der Waals surface area contributed by atoms with Gasteiger partial charge in [-0.05, 0) is 48.9 Å². The molecule has 2 rings (SSSR count). The van der Waals surface area contributed by atoms with Crippen molar-refractivity contribution < 1.29 is 4.74 Å². The topological polar surface area (TPSA) is 21.3 Å². The van der Waals surface area contributed by atoms with E-state index >= 15 is 0 Å². The molecule has 19 heavy (non-hydrogen) atoms. The number of halogens is 1. The van der Waals surface area contributed by atoms with Crippen LogP contribution in [0.5, 0.6) is 5.75 Å². The summed E-state index contributed by atoms with van der Waals surface area (Å²) in [5, 5.41) is 4.09. The molecule has 2 aromatic carbocycles. The van der Waals surface area contributed by atoms with Gasteiger partial charge in [-0.25, -0.2) is 0 Å². The third kappa shape index (κ3) is 3.09. The van der Waals surface area contributed by atoms with Crippen molar-refractivity contribution in [2.75, 3.05) is 14.2 Å². The van der Waals surface area contributed by atoms with E-state index in [0.29, 0.717) is 0 Å². The number of rotatable bonds is 4. The molecule has 1 N–H and O–H groups in total. The minimum atomic E-state index is 0.0585. The van der Waals surface area contributed by atoms with E-state index in [2.05, 4.69) is 23.5 Å². The molecule has 0 radical (unpaired) electrons. The first-order chi connectivity index (χ1) is 9.15. The van der Waals surface area contributed by atoms with Gasteiger partial charge in [-0.2, -0.15) is 0 Å². The molecule has 2 aromatic rings. The SMILES string of the molecule is CNC(c1cccc(OC)c1)c1ccc(C)cc1Cl. The van der Waals surface area contributed by atoms with Crippen molar-refractivity contribution in [3.63, 3.8) is 0 Å². The van der Waals surface area contributed by atoms with Gasteiger partial charge in [0, 0.05) is 5.02 Å². The molecule has 1 unspecified atom stereocenters. The van der Waals surface area contributed by atoms with Gasteiger partial charge in [-0.15, -0.1) is 0 Å². The molecule has 0 fully saturated rings. The van der Waals surface area contributed by atoms with E-state index in [-0.39, 0.29) is 6.04 Å². The first-order valence-corrected chi connectivity index (χ1v) is 6.60. The lowest BCUT2D eigenvalue weighted by Crippen LogP contribution is -2.18. The Balaban J connectivity index is 2.43. The van der Waals surface area contributed by atoms with Crippen molar-refractivity contribution in [2.24, 2.45) is 0 Å². The van der Waals surface area contributed by atoms with Crippen LogP contribution in [0.1, 0.15) is 22.7 Å². The fourth-order valence-corrected chi connectivity index (χ4v) is 2.53. The second kappa shape index (κ2) is 6.09. The molecule has 0 aliphatic heterocycles. The Morgan fingerprint density at radius 1 is 1.16 bits per heavy atom. The van der Waals surface area contributed by atoms with Gasteiger partial charge in [0.2, 0.25) is 0 Å². The monoisotopic (exact) mass is 275 g/mol. The summed E-state index contributed by atoms with van der Waals surface area (Å²) >= 11 is 6.36. The number of ether oxygens (including phenoxy) is 1. The number of benzene rings is 2. The van der Waals surface area contributed by atoms with E-state index in [1.54, 1.807) is 7.11 Å². The molecule has 2 nitrogen and oxygen atoms in total. The molecule has 100 valence electrons. The lowest BCUT2D eigenvalue weighted by molar-refractivity contribution is 0.414. The molecule has 1 atom stereocenters. The standard InChI is InChI=1S/C16H18ClNO/c1-11-7-8-14(15(17)9-11)16(18-2)12-5-4-6-13(10-12)19-3/h4-10,16,18H,1-3H3. The van der Waals surface area contributed by atoms with Crippen molar-refractivity contribution >= 4 is 11.6 Å². The van der Waals surface area contributed by atoms with Crippen molar-refractivity contribution in [1.29, 1.82) is 0 Å². The zero-order valence-corrected chi connectivity index (χ0v) is 12.2. The van der Waals surface area contributed by atoms with Crippen LogP contribution in [-0.2, 0) is 0 Å². The summed E-state index contributed by atoms with van der Waals surface area (Å²) < 4.78 is 5.27. The highest BCUT2D eigenvalue weighted by Crippen LogP contribution is 2.30. The Kier molecular flexibility index (Phi) is 4.46. The maximum absolute atomic E-state index is 6.36. The molecule has 0 saturated heterocycles. The average Bonchev–Trinajstić information content (AvgIpc) is 2.42. The number of nitrogens with one attached hydrogen (secondary N) is 1. The first kappa shape index (κ1) is 13.9. The van der Waals surface area contributed by atoms with E-state index in [0.717, 1.165) is 27.5 Å². The lowest BCUT2D eigenvalue weighted by Gasteiger charge is -2.19. The summed E-state index contributed by atoms with van der Waals surface area (Å²) in [7, 11) is 3.60. The maximum Gasteiger partial charge on any atom is 0.119 e. The highest BCUT2D eigenvalue weighted by molar-refractivity contribution is 6.31. The highest BCUT2D eigenvalue weighted by Gasteiger charge is 2.15. The van der Waals surface area contributed by atoms with Gasteiger partial charge in [-0.3, -0.25) is 0 Å². The molecular formula is C16H18ClNO. The second-order valence-electron chi connectivity index (χ2n) is 4.52. The summed E-state index contributed by atoms with van der Waals surface area (Å²) in [5.41, 5.74) is 3.37. The van der Waals surface area contributed by atoms with Crippen molar-refractivity contribution in [1.82, 2.24) is 5.32 Å². The number of hydrogen-bond donors (Lipinski definition) is 1. The molecule has 3 heteroatoms. The lowest BCUT2D eigenvalue weighted by atomic mass is 9.97. The Labute approximate surface area is 119 Å². The maximum atomic E-state index is 6.36. The van der Waals surface area contributed by atoms with Gasteiger partial charge in [0.15, 0.2) is 0 Å². The van der Waals surface area contributed by atoms with Gasteiger partial charge in [0.25, 0.3) is 0 Å². The van der Waals surface area contributed by atoms with Crippen LogP contribution in [0.4, 0.5) is 0 Å². The Bertz CT molecular complexity index is 568. The molecule has 0 amide bonds. The summed E-state index contributed by atoms with van der Waals surface area (Å²) in [5.74, 6) is 0.848. The number of methoxy groups -OCH3 is 1. The van der Waals surface area contributed by atoms with Gasteiger partial charge in [-0.1, -0.05) is 35.9 Å². The van der Waals surface area contributed by atoms with Gasteiger partial charge in [0.1, 0.15) is 5.75 Å². The first-order valence-electron chi connectivity index (χ1n) is 6.23. The minimum absolute atomic E-state index is 0.0585. The highest BCUT2D eigenvalue weighted by atomic mass is 35.5. The molecule has 0 aliphatic carbocycles. The van der Waals surface area contributed by atoms with E-state index < -0.39 is 0 Å². The van der Waals surface area contributed by atoms with Gasteiger partial charge in [0.05, 0.1) is 13.2 Å². The molecule has 0 saturated carbocycles. The molecular weight excluding hydrogens is 258 g/mol. The third-order valence-electron chi connectivity index (χ3n) is 3.18. The van der Waals surface area contributed by atoms with E-state index in [9.17, 15) is 0 Å². The van der Waals surface area contributed by atoms with Gasteiger partial charge >= 0.3 is 0 Å². The van der Waals surface area contributed by atoms with E-state index in [1.165, 1.54) is 0 Å². The molecule has 0 aliphatic rings. The largest absolute Gasteiger partial charge is 0.497 e. The Hall–Kier alpha value is -1.51. The fourth-order valence-electron chi connectivity index (χ4n) is 2.19.